The standard InChI is InChI=1S/C29H49N3O5/c1-8-10-12-13-18-32(27(35)24(19-21(3)4)31-28(36)37-29(5,6)7)25(26(34)30-17-11-9-2)22-15-14-16-23(33)20-22/h14-16,20-21,24-25,33H,8-13,17-19H2,1-7H3,(H,30,34)(H,31,36). The zero-order chi connectivity index (χ0) is 28.0. The maximum absolute atomic E-state index is 14.1. The highest BCUT2D eigenvalue weighted by Gasteiger charge is 2.36. The molecule has 0 aliphatic heterocycles. The van der Waals surface area contributed by atoms with Crippen LogP contribution in [0.15, 0.2) is 24.3 Å². The van der Waals surface area contributed by atoms with Gasteiger partial charge < -0.3 is 25.4 Å². The number of aromatic hydroxyl groups is 1. The summed E-state index contributed by atoms with van der Waals surface area (Å²) in [6.45, 7) is 14.3. The number of phenolic OH excluding ortho intramolecular Hbond substituents is 1. The maximum atomic E-state index is 14.1. The first-order valence-electron chi connectivity index (χ1n) is 13.8. The van der Waals surface area contributed by atoms with Crippen LogP contribution in [0.3, 0.4) is 0 Å². The lowest BCUT2D eigenvalue weighted by Crippen LogP contribution is -2.53. The molecule has 1 aromatic rings. The highest BCUT2D eigenvalue weighted by molar-refractivity contribution is 5.92. The van der Waals surface area contributed by atoms with E-state index >= 15 is 0 Å². The quantitative estimate of drug-likeness (QED) is 0.258. The van der Waals surface area contributed by atoms with E-state index in [2.05, 4.69) is 17.6 Å². The van der Waals surface area contributed by atoms with Crippen molar-refractivity contribution in [1.82, 2.24) is 15.5 Å². The average molecular weight is 520 g/mol. The summed E-state index contributed by atoms with van der Waals surface area (Å²) in [5, 5.41) is 15.9. The Morgan fingerprint density at radius 2 is 1.70 bits per heavy atom. The molecule has 2 atom stereocenters. The van der Waals surface area contributed by atoms with Gasteiger partial charge in [0.25, 0.3) is 0 Å². The third kappa shape index (κ3) is 12.3. The van der Waals surface area contributed by atoms with Gasteiger partial charge in [-0.15, -0.1) is 0 Å². The fraction of sp³-hybridized carbons (Fsp3) is 0.690. The number of carbonyl (C=O) groups is 3. The van der Waals surface area contributed by atoms with Crippen LogP contribution >= 0.6 is 0 Å². The van der Waals surface area contributed by atoms with Gasteiger partial charge in [-0.25, -0.2) is 4.79 Å². The summed E-state index contributed by atoms with van der Waals surface area (Å²) < 4.78 is 5.43. The van der Waals surface area contributed by atoms with Gasteiger partial charge in [-0.3, -0.25) is 9.59 Å². The van der Waals surface area contributed by atoms with E-state index in [-0.39, 0.29) is 23.5 Å². The third-order valence-electron chi connectivity index (χ3n) is 5.81. The predicted molar refractivity (Wildman–Crippen MR) is 147 cm³/mol. The van der Waals surface area contributed by atoms with Crippen LogP contribution in [0.5, 0.6) is 5.75 Å². The Morgan fingerprint density at radius 3 is 2.27 bits per heavy atom. The Kier molecular flexibility index (Phi) is 14.1. The summed E-state index contributed by atoms with van der Waals surface area (Å²) in [6, 6.07) is 4.68. The molecular formula is C29H49N3O5. The number of alkyl carbamates (subject to hydrolysis) is 1. The van der Waals surface area contributed by atoms with E-state index in [0.29, 0.717) is 25.1 Å². The summed E-state index contributed by atoms with van der Waals surface area (Å²) in [5.74, 6) is -0.505. The summed E-state index contributed by atoms with van der Waals surface area (Å²) in [6.07, 6.45) is 5.17. The molecule has 0 saturated heterocycles. The summed E-state index contributed by atoms with van der Waals surface area (Å²) in [4.78, 5) is 41.8. The van der Waals surface area contributed by atoms with Crippen molar-refractivity contribution in [1.29, 1.82) is 0 Å². The van der Waals surface area contributed by atoms with Crippen LogP contribution in [-0.4, -0.2) is 52.6 Å². The molecular weight excluding hydrogens is 470 g/mol. The molecule has 37 heavy (non-hydrogen) atoms. The van der Waals surface area contributed by atoms with Gasteiger partial charge in [0.2, 0.25) is 11.8 Å². The molecule has 0 aliphatic carbocycles. The first-order chi connectivity index (χ1) is 17.4. The van der Waals surface area contributed by atoms with Crippen LogP contribution in [0.4, 0.5) is 4.79 Å². The smallest absolute Gasteiger partial charge is 0.408 e. The average Bonchev–Trinajstić information content (AvgIpc) is 2.78. The Bertz CT molecular complexity index is 850. The van der Waals surface area contributed by atoms with Crippen LogP contribution in [0.25, 0.3) is 0 Å². The minimum atomic E-state index is -0.937. The highest BCUT2D eigenvalue weighted by atomic mass is 16.6. The lowest BCUT2D eigenvalue weighted by Gasteiger charge is -2.35. The summed E-state index contributed by atoms with van der Waals surface area (Å²) in [5.41, 5.74) is -0.183. The Hall–Kier alpha value is -2.77. The minimum Gasteiger partial charge on any atom is -0.508 e. The second kappa shape index (κ2) is 16.2. The highest BCUT2D eigenvalue weighted by Crippen LogP contribution is 2.27. The van der Waals surface area contributed by atoms with Gasteiger partial charge in [0.15, 0.2) is 0 Å². The van der Waals surface area contributed by atoms with Crippen LogP contribution in [0.2, 0.25) is 0 Å². The number of carbonyl (C=O) groups excluding carboxylic acids is 3. The molecule has 3 N–H and O–H groups in total. The van der Waals surface area contributed by atoms with E-state index in [1.165, 1.54) is 12.1 Å². The second-order valence-electron chi connectivity index (χ2n) is 11.1. The van der Waals surface area contributed by atoms with Crippen molar-refractivity contribution in [3.8, 4) is 5.75 Å². The first-order valence-corrected chi connectivity index (χ1v) is 13.8. The van der Waals surface area contributed by atoms with Crippen molar-refractivity contribution < 1.29 is 24.2 Å². The molecule has 210 valence electrons. The zero-order valence-corrected chi connectivity index (χ0v) is 23.9. The molecule has 0 aliphatic rings. The Labute approximate surface area is 223 Å². The van der Waals surface area contributed by atoms with E-state index < -0.39 is 23.8 Å². The molecule has 0 aromatic heterocycles. The van der Waals surface area contributed by atoms with Gasteiger partial charge in [-0.05, 0) is 63.6 Å². The molecule has 8 heteroatoms. The monoisotopic (exact) mass is 519 g/mol. The number of hydrogen-bond donors (Lipinski definition) is 3. The number of hydrogen-bond acceptors (Lipinski definition) is 5. The van der Waals surface area contributed by atoms with E-state index in [4.69, 9.17) is 4.74 Å². The fourth-order valence-corrected chi connectivity index (χ4v) is 4.07. The first kappa shape index (κ1) is 32.3. The van der Waals surface area contributed by atoms with Crippen LogP contribution < -0.4 is 10.6 Å². The van der Waals surface area contributed by atoms with Gasteiger partial charge in [-0.2, -0.15) is 0 Å². The lowest BCUT2D eigenvalue weighted by atomic mass is 9.98. The lowest BCUT2D eigenvalue weighted by molar-refractivity contribution is -0.143. The van der Waals surface area contributed by atoms with Gasteiger partial charge >= 0.3 is 6.09 Å². The maximum Gasteiger partial charge on any atom is 0.408 e. The number of rotatable bonds is 15. The van der Waals surface area contributed by atoms with Crippen LogP contribution in [0.1, 0.15) is 105 Å². The molecule has 0 bridgehead atoms. The fourth-order valence-electron chi connectivity index (χ4n) is 4.07. The molecule has 0 fully saturated rings. The minimum absolute atomic E-state index is 0.0212. The van der Waals surface area contributed by atoms with E-state index in [1.54, 1.807) is 37.8 Å². The number of nitrogens with zero attached hydrogens (tertiary/aromatic N) is 1. The van der Waals surface area contributed by atoms with Crippen molar-refractivity contribution in [2.45, 2.75) is 111 Å². The number of ether oxygens (including phenoxy) is 1. The SMILES string of the molecule is CCCCCCN(C(=O)C(CC(C)C)NC(=O)OC(C)(C)C)C(C(=O)NCCCC)c1cccc(O)c1. The topological polar surface area (TPSA) is 108 Å². The molecule has 0 heterocycles. The van der Waals surface area contributed by atoms with Crippen molar-refractivity contribution in [3.05, 3.63) is 29.8 Å². The summed E-state index contributed by atoms with van der Waals surface area (Å²) in [7, 11) is 0. The normalized spacial score (nSPS) is 13.1. The van der Waals surface area contributed by atoms with Gasteiger partial charge in [0.1, 0.15) is 23.4 Å². The van der Waals surface area contributed by atoms with Crippen molar-refractivity contribution in [2.24, 2.45) is 5.92 Å². The Morgan fingerprint density at radius 1 is 1.03 bits per heavy atom. The number of benzene rings is 1. The van der Waals surface area contributed by atoms with Gasteiger partial charge in [-0.1, -0.05) is 65.5 Å². The molecule has 2 unspecified atom stereocenters. The summed E-state index contributed by atoms with van der Waals surface area (Å²) >= 11 is 0. The largest absolute Gasteiger partial charge is 0.508 e. The van der Waals surface area contributed by atoms with E-state index in [9.17, 15) is 19.5 Å². The number of unbranched alkanes of at least 4 members (excludes halogenated alkanes) is 4. The Balaban J connectivity index is 3.43. The van der Waals surface area contributed by atoms with Gasteiger partial charge in [0, 0.05) is 13.1 Å². The third-order valence-corrected chi connectivity index (χ3v) is 5.81. The number of amides is 3. The molecule has 8 nitrogen and oxygen atoms in total. The van der Waals surface area contributed by atoms with E-state index in [1.807, 2.05) is 20.8 Å². The molecule has 0 saturated carbocycles. The zero-order valence-electron chi connectivity index (χ0n) is 23.9. The van der Waals surface area contributed by atoms with Crippen molar-refractivity contribution in [2.75, 3.05) is 13.1 Å². The molecule has 1 rings (SSSR count). The molecule has 1 aromatic carbocycles. The van der Waals surface area contributed by atoms with Gasteiger partial charge in [0.05, 0.1) is 0 Å². The van der Waals surface area contributed by atoms with Crippen LogP contribution in [0, 0.1) is 5.92 Å². The van der Waals surface area contributed by atoms with E-state index in [0.717, 1.165) is 38.5 Å². The van der Waals surface area contributed by atoms with Crippen molar-refractivity contribution in [3.63, 3.8) is 0 Å². The molecule has 3 amide bonds. The van der Waals surface area contributed by atoms with Crippen molar-refractivity contribution >= 4 is 17.9 Å². The number of phenols is 1. The second-order valence-corrected chi connectivity index (χ2v) is 11.1. The van der Waals surface area contributed by atoms with Crippen LogP contribution in [-0.2, 0) is 14.3 Å². The molecule has 0 spiro atoms. The predicted octanol–water partition coefficient (Wildman–Crippen LogP) is 5.70. The number of nitrogens with one attached hydrogen (secondary N) is 2. The molecule has 0 radical (unpaired) electrons.